The van der Waals surface area contributed by atoms with Gasteiger partial charge in [0.25, 0.3) is 0 Å². The molecule has 0 unspecified atom stereocenters. The van der Waals surface area contributed by atoms with Crippen LogP contribution in [-0.2, 0) is 13.0 Å². The summed E-state index contributed by atoms with van der Waals surface area (Å²) < 4.78 is 0.801. The highest BCUT2D eigenvalue weighted by Crippen LogP contribution is 2.28. The average molecular weight is 339 g/mol. The Kier molecular flexibility index (Phi) is 3.62. The summed E-state index contributed by atoms with van der Waals surface area (Å²) in [6.07, 6.45) is 2.85. The maximum atomic E-state index is 5.88. The first kappa shape index (κ1) is 12.8. The van der Waals surface area contributed by atoms with E-state index in [4.69, 9.17) is 11.6 Å². The van der Waals surface area contributed by atoms with E-state index in [1.54, 1.807) is 6.20 Å². The smallest absolute Gasteiger partial charge is 0.143 e. The normalized spacial score (nSPS) is 12.9. The molecular formula is C14H13BrClN3. The van der Waals surface area contributed by atoms with E-state index in [0.29, 0.717) is 5.15 Å². The molecule has 0 atom stereocenters. The fourth-order valence-electron chi connectivity index (χ4n) is 2.27. The Balaban J connectivity index is 1.76. The van der Waals surface area contributed by atoms with Gasteiger partial charge in [-0.1, -0.05) is 29.8 Å². The summed E-state index contributed by atoms with van der Waals surface area (Å²) in [5.41, 5.74) is 4.90. The van der Waals surface area contributed by atoms with Crippen molar-refractivity contribution >= 4 is 38.9 Å². The molecular weight excluding hydrogens is 326 g/mol. The van der Waals surface area contributed by atoms with Gasteiger partial charge >= 0.3 is 0 Å². The zero-order chi connectivity index (χ0) is 13.2. The average Bonchev–Trinajstić information content (AvgIpc) is 2.89. The first-order valence-electron chi connectivity index (χ1n) is 6.13. The highest BCUT2D eigenvalue weighted by molar-refractivity contribution is 9.10. The van der Waals surface area contributed by atoms with Crippen LogP contribution in [0.4, 0.5) is 11.4 Å². The molecule has 2 N–H and O–H groups in total. The number of hydrogen-bond acceptors (Lipinski definition) is 3. The van der Waals surface area contributed by atoms with Gasteiger partial charge in [-0.2, -0.15) is 0 Å². The van der Waals surface area contributed by atoms with Crippen LogP contribution in [0.2, 0.25) is 5.15 Å². The third-order valence-corrected chi connectivity index (χ3v) is 4.35. The first-order chi connectivity index (χ1) is 9.24. The molecule has 1 aliphatic rings. The van der Waals surface area contributed by atoms with Crippen LogP contribution in [0.15, 0.2) is 34.9 Å². The largest absolute Gasteiger partial charge is 0.384 e. The summed E-state index contributed by atoms with van der Waals surface area (Å²) >= 11 is 9.25. The minimum atomic E-state index is 0.479. The molecule has 19 heavy (non-hydrogen) atoms. The van der Waals surface area contributed by atoms with Crippen LogP contribution in [0, 0.1) is 0 Å². The standard InChI is InChI=1S/C14H13BrClN3/c15-12-6-11(8-19-14(12)16)18-7-10-3-1-2-9-4-5-17-13(9)10/h1-3,6,8,17-18H,4-5,7H2. The number of pyridine rings is 1. The quantitative estimate of drug-likeness (QED) is 0.828. The number of rotatable bonds is 3. The first-order valence-corrected chi connectivity index (χ1v) is 7.30. The van der Waals surface area contributed by atoms with Crippen molar-refractivity contribution in [3.63, 3.8) is 0 Å². The summed E-state index contributed by atoms with van der Waals surface area (Å²) in [7, 11) is 0. The van der Waals surface area contributed by atoms with E-state index in [1.807, 2.05) is 6.07 Å². The molecule has 0 radical (unpaired) electrons. The number of aromatic nitrogens is 1. The van der Waals surface area contributed by atoms with Gasteiger partial charge in [-0.15, -0.1) is 0 Å². The summed E-state index contributed by atoms with van der Waals surface area (Å²) in [4.78, 5) is 4.10. The Morgan fingerprint density at radius 2 is 2.32 bits per heavy atom. The molecule has 1 aromatic heterocycles. The lowest BCUT2D eigenvalue weighted by Crippen LogP contribution is -2.03. The van der Waals surface area contributed by atoms with Crippen molar-refractivity contribution in [3.8, 4) is 0 Å². The highest BCUT2D eigenvalue weighted by Gasteiger charge is 2.13. The molecule has 3 nitrogen and oxygen atoms in total. The van der Waals surface area contributed by atoms with Gasteiger partial charge in [0.05, 0.1) is 16.4 Å². The number of nitrogens with zero attached hydrogens (tertiary/aromatic N) is 1. The molecule has 0 saturated heterocycles. The minimum absolute atomic E-state index is 0.479. The summed E-state index contributed by atoms with van der Waals surface area (Å²) in [5.74, 6) is 0. The van der Waals surface area contributed by atoms with Gasteiger partial charge in [-0.05, 0) is 39.5 Å². The molecule has 0 fully saturated rings. The van der Waals surface area contributed by atoms with Crippen LogP contribution >= 0.6 is 27.5 Å². The third-order valence-electron chi connectivity index (χ3n) is 3.21. The number of nitrogens with one attached hydrogen (secondary N) is 2. The molecule has 0 amide bonds. The summed E-state index contributed by atoms with van der Waals surface area (Å²) in [6.45, 7) is 1.80. The number of benzene rings is 1. The zero-order valence-corrected chi connectivity index (χ0v) is 12.6. The maximum absolute atomic E-state index is 5.88. The van der Waals surface area contributed by atoms with Crippen molar-refractivity contribution in [2.45, 2.75) is 13.0 Å². The Labute approximate surface area is 125 Å². The fraction of sp³-hybridized carbons (Fsp3) is 0.214. The van der Waals surface area contributed by atoms with E-state index in [9.17, 15) is 0 Å². The van der Waals surface area contributed by atoms with Crippen molar-refractivity contribution in [3.05, 3.63) is 51.2 Å². The number of hydrogen-bond donors (Lipinski definition) is 2. The van der Waals surface area contributed by atoms with Gasteiger partial charge < -0.3 is 10.6 Å². The molecule has 1 aliphatic heterocycles. The Bertz CT molecular complexity index is 616. The van der Waals surface area contributed by atoms with Gasteiger partial charge in [0.2, 0.25) is 0 Å². The van der Waals surface area contributed by atoms with Crippen LogP contribution in [0.5, 0.6) is 0 Å². The van der Waals surface area contributed by atoms with E-state index in [0.717, 1.165) is 29.7 Å². The topological polar surface area (TPSA) is 37.0 Å². The Morgan fingerprint density at radius 1 is 1.42 bits per heavy atom. The predicted molar refractivity (Wildman–Crippen MR) is 82.9 cm³/mol. The molecule has 0 bridgehead atoms. The number of para-hydroxylation sites is 1. The van der Waals surface area contributed by atoms with E-state index in [-0.39, 0.29) is 0 Å². The second-order valence-corrected chi connectivity index (χ2v) is 5.69. The van der Waals surface area contributed by atoms with Crippen molar-refractivity contribution < 1.29 is 0 Å². The van der Waals surface area contributed by atoms with Crippen LogP contribution in [-0.4, -0.2) is 11.5 Å². The highest BCUT2D eigenvalue weighted by atomic mass is 79.9. The Hall–Kier alpha value is -1.26. The second-order valence-electron chi connectivity index (χ2n) is 4.48. The van der Waals surface area contributed by atoms with Crippen LogP contribution in [0.3, 0.4) is 0 Å². The van der Waals surface area contributed by atoms with Gasteiger partial charge in [0.15, 0.2) is 0 Å². The fourth-order valence-corrected chi connectivity index (χ4v) is 2.73. The van der Waals surface area contributed by atoms with Crippen molar-refractivity contribution in [2.75, 3.05) is 17.2 Å². The summed E-state index contributed by atoms with van der Waals surface area (Å²) in [5, 5.41) is 7.29. The molecule has 0 spiro atoms. The lowest BCUT2D eigenvalue weighted by atomic mass is 10.1. The van der Waals surface area contributed by atoms with Crippen LogP contribution in [0.25, 0.3) is 0 Å². The number of halogens is 2. The monoisotopic (exact) mass is 337 g/mol. The lowest BCUT2D eigenvalue weighted by molar-refractivity contribution is 1.11. The predicted octanol–water partition coefficient (Wildman–Crippen LogP) is 4.08. The van der Waals surface area contributed by atoms with Gasteiger partial charge in [-0.25, -0.2) is 4.98 Å². The maximum Gasteiger partial charge on any atom is 0.143 e. The second kappa shape index (κ2) is 5.39. The molecule has 0 saturated carbocycles. The zero-order valence-electron chi connectivity index (χ0n) is 10.2. The van der Waals surface area contributed by atoms with E-state index in [1.165, 1.54) is 16.8 Å². The molecule has 98 valence electrons. The van der Waals surface area contributed by atoms with E-state index in [2.05, 4.69) is 49.7 Å². The SMILES string of the molecule is Clc1ncc(NCc2cccc3c2NCC3)cc1Br. The minimum Gasteiger partial charge on any atom is -0.384 e. The Morgan fingerprint density at radius 3 is 3.16 bits per heavy atom. The van der Waals surface area contributed by atoms with Gasteiger partial charge in [0.1, 0.15) is 5.15 Å². The van der Waals surface area contributed by atoms with Crippen LogP contribution in [0.1, 0.15) is 11.1 Å². The van der Waals surface area contributed by atoms with Crippen LogP contribution < -0.4 is 10.6 Å². The van der Waals surface area contributed by atoms with Crippen molar-refractivity contribution in [1.29, 1.82) is 0 Å². The van der Waals surface area contributed by atoms with Gasteiger partial charge in [-0.3, -0.25) is 0 Å². The van der Waals surface area contributed by atoms with E-state index >= 15 is 0 Å². The summed E-state index contributed by atoms with van der Waals surface area (Å²) in [6, 6.07) is 8.37. The molecule has 1 aromatic carbocycles. The molecule has 3 rings (SSSR count). The lowest BCUT2D eigenvalue weighted by Gasteiger charge is -2.11. The van der Waals surface area contributed by atoms with E-state index < -0.39 is 0 Å². The molecule has 0 aliphatic carbocycles. The van der Waals surface area contributed by atoms with Gasteiger partial charge in [0, 0.05) is 18.8 Å². The molecule has 5 heteroatoms. The van der Waals surface area contributed by atoms with Crippen molar-refractivity contribution in [2.24, 2.45) is 0 Å². The molecule has 2 heterocycles. The number of anilines is 2. The molecule has 2 aromatic rings. The number of fused-ring (bicyclic) bond motifs is 1. The third kappa shape index (κ3) is 2.69. The van der Waals surface area contributed by atoms with Crippen molar-refractivity contribution in [1.82, 2.24) is 4.98 Å².